The molecule has 0 aliphatic carbocycles. The third kappa shape index (κ3) is 2.29. The van der Waals surface area contributed by atoms with E-state index in [1.807, 2.05) is 0 Å². The van der Waals surface area contributed by atoms with Gasteiger partial charge in [0.15, 0.2) is 0 Å². The molecule has 3 aliphatic heterocycles. The Morgan fingerprint density at radius 2 is 1.95 bits per heavy atom. The van der Waals surface area contributed by atoms with Gasteiger partial charge in [0.05, 0.1) is 5.69 Å². The minimum atomic E-state index is 0.580. The van der Waals surface area contributed by atoms with E-state index >= 15 is 0 Å². The molecule has 4 nitrogen and oxygen atoms in total. The highest BCUT2D eigenvalue weighted by molar-refractivity contribution is 5.29. The molecule has 3 aliphatic rings. The lowest BCUT2D eigenvalue weighted by atomic mass is 9.89. The molecule has 2 atom stereocenters. The molecule has 4 heteroatoms. The fourth-order valence-electron chi connectivity index (χ4n) is 4.56. The molecule has 0 aromatic carbocycles. The summed E-state index contributed by atoms with van der Waals surface area (Å²) < 4.78 is 0. The highest BCUT2D eigenvalue weighted by atomic mass is 15.2. The quantitative estimate of drug-likeness (QED) is 0.903. The lowest BCUT2D eigenvalue weighted by Gasteiger charge is -2.36. The van der Waals surface area contributed by atoms with E-state index < -0.39 is 0 Å². The molecule has 1 N–H and O–H groups in total. The Kier molecular flexibility index (Phi) is 3.46. The van der Waals surface area contributed by atoms with Crippen molar-refractivity contribution in [1.29, 1.82) is 0 Å². The number of hydrogen-bond acceptors (Lipinski definition) is 4. The van der Waals surface area contributed by atoms with Gasteiger partial charge in [0.1, 0.15) is 5.82 Å². The van der Waals surface area contributed by atoms with Crippen LogP contribution in [0.4, 0.5) is 0 Å². The summed E-state index contributed by atoms with van der Waals surface area (Å²) in [4.78, 5) is 12.6. The molecule has 114 valence electrons. The molecule has 0 amide bonds. The van der Waals surface area contributed by atoms with Crippen LogP contribution in [0.2, 0.25) is 0 Å². The van der Waals surface area contributed by atoms with Gasteiger partial charge in [0, 0.05) is 30.2 Å². The van der Waals surface area contributed by atoms with Crippen molar-refractivity contribution in [2.24, 2.45) is 0 Å². The molecule has 0 saturated carbocycles. The van der Waals surface area contributed by atoms with Crippen molar-refractivity contribution >= 4 is 0 Å². The van der Waals surface area contributed by atoms with Crippen LogP contribution < -0.4 is 5.32 Å². The highest BCUT2D eigenvalue weighted by Crippen LogP contribution is 2.41. The topological polar surface area (TPSA) is 41.1 Å². The van der Waals surface area contributed by atoms with Gasteiger partial charge in [-0.3, -0.25) is 0 Å². The first kappa shape index (κ1) is 13.6. The second-order valence-corrected chi connectivity index (χ2v) is 6.95. The van der Waals surface area contributed by atoms with E-state index in [1.54, 1.807) is 0 Å². The zero-order chi connectivity index (χ0) is 14.4. The maximum atomic E-state index is 4.99. The Bertz CT molecular complexity index is 511. The summed E-state index contributed by atoms with van der Waals surface area (Å²) in [7, 11) is 2.30. The molecular formula is C17H26N4. The largest absolute Gasteiger partial charge is 0.311 e. The molecule has 2 saturated heterocycles. The van der Waals surface area contributed by atoms with Crippen molar-refractivity contribution in [2.75, 3.05) is 13.6 Å². The Hall–Kier alpha value is -1.00. The third-order valence-electron chi connectivity index (χ3n) is 5.84. The summed E-state index contributed by atoms with van der Waals surface area (Å²) in [5, 5.41) is 3.46. The average molecular weight is 286 g/mol. The molecule has 2 bridgehead atoms. The Morgan fingerprint density at radius 1 is 1.19 bits per heavy atom. The molecule has 0 spiro atoms. The number of aromatic nitrogens is 2. The van der Waals surface area contributed by atoms with Gasteiger partial charge in [-0.2, -0.15) is 0 Å². The van der Waals surface area contributed by atoms with Gasteiger partial charge in [0.25, 0.3) is 0 Å². The van der Waals surface area contributed by atoms with Crippen LogP contribution in [0.15, 0.2) is 0 Å². The standard InChI is InChI=1S/C17H26N4/c1-3-15-14-6-7-18-10-16(14)20-17(19-15)11-8-12-4-5-13(9-11)21(12)2/h11-13,18H,3-10H2,1-2H3. The maximum absolute atomic E-state index is 4.99. The summed E-state index contributed by atoms with van der Waals surface area (Å²) in [5.41, 5.74) is 4.01. The molecule has 1 aromatic rings. The van der Waals surface area contributed by atoms with Gasteiger partial charge < -0.3 is 10.2 Å². The summed E-state index contributed by atoms with van der Waals surface area (Å²) in [5.74, 6) is 1.72. The van der Waals surface area contributed by atoms with E-state index in [0.29, 0.717) is 5.92 Å². The second-order valence-electron chi connectivity index (χ2n) is 6.95. The van der Waals surface area contributed by atoms with Gasteiger partial charge in [0.2, 0.25) is 0 Å². The number of piperidine rings is 1. The molecule has 2 unspecified atom stereocenters. The van der Waals surface area contributed by atoms with Gasteiger partial charge >= 0.3 is 0 Å². The van der Waals surface area contributed by atoms with Crippen LogP contribution in [0, 0.1) is 0 Å². The Labute approximate surface area is 127 Å². The van der Waals surface area contributed by atoms with Crippen LogP contribution in [0.5, 0.6) is 0 Å². The molecule has 21 heavy (non-hydrogen) atoms. The van der Waals surface area contributed by atoms with Crippen LogP contribution in [0.1, 0.15) is 61.3 Å². The van der Waals surface area contributed by atoms with Crippen molar-refractivity contribution in [3.05, 3.63) is 22.8 Å². The molecular weight excluding hydrogens is 260 g/mol. The van der Waals surface area contributed by atoms with Gasteiger partial charge in [-0.1, -0.05) is 6.92 Å². The van der Waals surface area contributed by atoms with Gasteiger partial charge in [-0.05, 0) is 57.7 Å². The molecule has 1 aromatic heterocycles. The predicted molar refractivity (Wildman–Crippen MR) is 83.4 cm³/mol. The summed E-state index contributed by atoms with van der Waals surface area (Å²) >= 11 is 0. The van der Waals surface area contributed by atoms with E-state index in [1.165, 1.54) is 42.6 Å². The van der Waals surface area contributed by atoms with Crippen molar-refractivity contribution < 1.29 is 0 Å². The number of nitrogens with one attached hydrogen (secondary N) is 1. The van der Waals surface area contributed by atoms with Gasteiger partial charge in [-0.15, -0.1) is 0 Å². The Morgan fingerprint density at radius 3 is 2.67 bits per heavy atom. The first-order chi connectivity index (χ1) is 10.3. The summed E-state index contributed by atoms with van der Waals surface area (Å²) in [6.07, 6.45) is 7.37. The van der Waals surface area contributed by atoms with Crippen LogP contribution in [-0.2, 0) is 19.4 Å². The van der Waals surface area contributed by atoms with Crippen LogP contribution in [-0.4, -0.2) is 40.5 Å². The number of rotatable bonds is 2. The first-order valence-corrected chi connectivity index (χ1v) is 8.57. The lowest BCUT2D eigenvalue weighted by Crippen LogP contribution is -2.39. The average Bonchev–Trinajstić information content (AvgIpc) is 2.75. The minimum absolute atomic E-state index is 0.580. The van der Waals surface area contributed by atoms with E-state index in [0.717, 1.165) is 43.8 Å². The van der Waals surface area contributed by atoms with Crippen molar-refractivity contribution in [1.82, 2.24) is 20.2 Å². The molecule has 4 rings (SSSR count). The monoisotopic (exact) mass is 286 g/mol. The predicted octanol–water partition coefficient (Wildman–Crippen LogP) is 2.02. The summed E-state index contributed by atoms with van der Waals surface area (Å²) in [6, 6.07) is 1.52. The SMILES string of the molecule is CCc1nc(C2CC3CCC(C2)N3C)nc2c1CCNC2. The third-order valence-corrected chi connectivity index (χ3v) is 5.84. The molecule has 2 fully saturated rings. The fraction of sp³-hybridized carbons (Fsp3) is 0.765. The second kappa shape index (κ2) is 5.33. The van der Waals surface area contributed by atoms with Crippen molar-refractivity contribution in [3.8, 4) is 0 Å². The normalized spacial score (nSPS) is 32.2. The molecule has 4 heterocycles. The number of hydrogen-bond donors (Lipinski definition) is 1. The number of fused-ring (bicyclic) bond motifs is 3. The van der Waals surface area contributed by atoms with E-state index in [2.05, 4.69) is 24.2 Å². The minimum Gasteiger partial charge on any atom is -0.311 e. The van der Waals surface area contributed by atoms with E-state index in [9.17, 15) is 0 Å². The van der Waals surface area contributed by atoms with Crippen molar-refractivity contribution in [3.63, 3.8) is 0 Å². The number of nitrogens with zero attached hydrogens (tertiary/aromatic N) is 3. The van der Waals surface area contributed by atoms with Crippen LogP contribution >= 0.6 is 0 Å². The first-order valence-electron chi connectivity index (χ1n) is 8.57. The zero-order valence-electron chi connectivity index (χ0n) is 13.2. The molecule has 0 radical (unpaired) electrons. The van der Waals surface area contributed by atoms with Gasteiger partial charge in [-0.25, -0.2) is 9.97 Å². The van der Waals surface area contributed by atoms with Crippen molar-refractivity contribution in [2.45, 2.75) is 70.0 Å². The smallest absolute Gasteiger partial charge is 0.132 e. The van der Waals surface area contributed by atoms with Crippen LogP contribution in [0.3, 0.4) is 0 Å². The summed E-state index contributed by atoms with van der Waals surface area (Å²) in [6.45, 7) is 4.23. The van der Waals surface area contributed by atoms with E-state index in [-0.39, 0.29) is 0 Å². The number of aryl methyl sites for hydroxylation is 1. The zero-order valence-corrected chi connectivity index (χ0v) is 13.2. The Balaban J connectivity index is 1.66. The fourth-order valence-corrected chi connectivity index (χ4v) is 4.56. The van der Waals surface area contributed by atoms with Crippen LogP contribution in [0.25, 0.3) is 0 Å². The lowest BCUT2D eigenvalue weighted by molar-refractivity contribution is 0.158. The van der Waals surface area contributed by atoms with E-state index in [4.69, 9.17) is 9.97 Å². The highest BCUT2D eigenvalue weighted by Gasteiger charge is 2.40. The maximum Gasteiger partial charge on any atom is 0.132 e.